The molecule has 184 valence electrons. The molecule has 0 radical (unpaired) electrons. The maximum absolute atomic E-state index is 13.1. The van der Waals surface area contributed by atoms with Crippen molar-refractivity contribution in [1.29, 1.82) is 0 Å². The summed E-state index contributed by atoms with van der Waals surface area (Å²) in [5, 5.41) is 7.04. The second-order valence-corrected chi connectivity index (χ2v) is 9.27. The highest BCUT2D eigenvalue weighted by atomic mass is 19.1. The van der Waals surface area contributed by atoms with Crippen LogP contribution in [0.15, 0.2) is 61.1 Å². The fourth-order valence-corrected chi connectivity index (χ4v) is 4.36. The fraction of sp³-hybridized carbons (Fsp3) is 0.296. The molecule has 1 aliphatic rings. The minimum atomic E-state index is -0.408. The van der Waals surface area contributed by atoms with E-state index < -0.39 is 11.7 Å². The van der Waals surface area contributed by atoms with Crippen molar-refractivity contribution in [1.82, 2.24) is 24.8 Å². The molecule has 8 nitrogen and oxygen atoms in total. The molecular weight excluding hydrogens is 457 g/mol. The van der Waals surface area contributed by atoms with Gasteiger partial charge in [0.1, 0.15) is 11.6 Å². The first-order valence-electron chi connectivity index (χ1n) is 12.1. The zero-order valence-corrected chi connectivity index (χ0v) is 20.3. The number of carbonyl (C=O) groups is 1. The van der Waals surface area contributed by atoms with Crippen molar-refractivity contribution in [2.24, 2.45) is 0 Å². The number of rotatable bonds is 6. The van der Waals surface area contributed by atoms with Crippen molar-refractivity contribution in [3.63, 3.8) is 0 Å². The molecule has 0 bridgehead atoms. The Kier molecular flexibility index (Phi) is 6.81. The lowest BCUT2D eigenvalue weighted by molar-refractivity contribution is 0.102. The first kappa shape index (κ1) is 23.7. The van der Waals surface area contributed by atoms with Crippen LogP contribution in [-0.2, 0) is 0 Å². The minimum Gasteiger partial charge on any atom is -0.366 e. The van der Waals surface area contributed by atoms with E-state index in [0.717, 1.165) is 48.4 Å². The molecule has 2 aromatic heterocycles. The SMILES string of the molecule is CC(C)N1CCC(Nc2cncc(-c3ccc4cnc(NC(=O)c5ccc(F)cc5)nc4c3)n2)CC1. The molecule has 9 heteroatoms. The average molecular weight is 486 g/mol. The molecule has 0 aliphatic carbocycles. The van der Waals surface area contributed by atoms with Gasteiger partial charge in [-0.15, -0.1) is 0 Å². The van der Waals surface area contributed by atoms with Crippen LogP contribution in [0.5, 0.6) is 0 Å². The highest BCUT2D eigenvalue weighted by molar-refractivity contribution is 6.03. The number of hydrogen-bond acceptors (Lipinski definition) is 7. The van der Waals surface area contributed by atoms with Gasteiger partial charge in [-0.25, -0.2) is 19.3 Å². The van der Waals surface area contributed by atoms with Gasteiger partial charge in [0.05, 0.1) is 23.6 Å². The first-order chi connectivity index (χ1) is 17.4. The third-order valence-electron chi connectivity index (χ3n) is 6.46. The summed E-state index contributed by atoms with van der Waals surface area (Å²) >= 11 is 0. The monoisotopic (exact) mass is 485 g/mol. The van der Waals surface area contributed by atoms with E-state index >= 15 is 0 Å². The van der Waals surface area contributed by atoms with E-state index in [-0.39, 0.29) is 5.95 Å². The Hall–Kier alpha value is -3.98. The number of halogens is 1. The summed E-state index contributed by atoms with van der Waals surface area (Å²) in [6.45, 7) is 6.62. The molecule has 0 atom stereocenters. The number of aromatic nitrogens is 4. The summed E-state index contributed by atoms with van der Waals surface area (Å²) in [5.41, 5.74) is 2.58. The molecule has 5 rings (SSSR count). The van der Waals surface area contributed by atoms with Crippen molar-refractivity contribution >= 4 is 28.6 Å². The normalized spacial score (nSPS) is 14.8. The Bertz CT molecular complexity index is 1370. The third kappa shape index (κ3) is 5.46. The van der Waals surface area contributed by atoms with Gasteiger partial charge in [0.25, 0.3) is 5.91 Å². The van der Waals surface area contributed by atoms with Crippen molar-refractivity contribution in [2.45, 2.75) is 38.8 Å². The van der Waals surface area contributed by atoms with Gasteiger partial charge < -0.3 is 10.2 Å². The Morgan fingerprint density at radius 3 is 2.56 bits per heavy atom. The molecular formula is C27H28FN7O. The molecule has 2 N–H and O–H groups in total. The summed E-state index contributed by atoms with van der Waals surface area (Å²) in [6, 6.07) is 12.0. The van der Waals surface area contributed by atoms with Gasteiger partial charge in [0.15, 0.2) is 0 Å². The zero-order chi connectivity index (χ0) is 25.1. The second kappa shape index (κ2) is 10.3. The highest BCUT2D eigenvalue weighted by Gasteiger charge is 2.21. The Morgan fingerprint density at radius 1 is 1.03 bits per heavy atom. The van der Waals surface area contributed by atoms with E-state index in [9.17, 15) is 9.18 Å². The van der Waals surface area contributed by atoms with E-state index in [1.165, 1.54) is 24.3 Å². The number of hydrogen-bond donors (Lipinski definition) is 2. The third-order valence-corrected chi connectivity index (χ3v) is 6.46. The molecule has 2 aromatic carbocycles. The van der Waals surface area contributed by atoms with Gasteiger partial charge in [-0.1, -0.05) is 12.1 Å². The summed E-state index contributed by atoms with van der Waals surface area (Å²) in [7, 11) is 0. The minimum absolute atomic E-state index is 0.170. The predicted molar refractivity (Wildman–Crippen MR) is 138 cm³/mol. The number of nitrogens with one attached hydrogen (secondary N) is 2. The zero-order valence-electron chi connectivity index (χ0n) is 20.3. The van der Waals surface area contributed by atoms with E-state index in [1.807, 2.05) is 18.2 Å². The number of amides is 1. The number of anilines is 2. The topological polar surface area (TPSA) is 95.9 Å². The molecule has 36 heavy (non-hydrogen) atoms. The summed E-state index contributed by atoms with van der Waals surface area (Å²) in [5.74, 6) is 0.114. The summed E-state index contributed by atoms with van der Waals surface area (Å²) < 4.78 is 13.1. The van der Waals surface area contributed by atoms with Gasteiger partial charge in [-0.3, -0.25) is 15.1 Å². The van der Waals surface area contributed by atoms with E-state index in [0.29, 0.717) is 23.2 Å². The first-order valence-corrected chi connectivity index (χ1v) is 12.1. The van der Waals surface area contributed by atoms with E-state index in [4.69, 9.17) is 4.98 Å². The number of carbonyl (C=O) groups excluding carboxylic acids is 1. The van der Waals surface area contributed by atoms with Crippen LogP contribution in [0.3, 0.4) is 0 Å². The van der Waals surface area contributed by atoms with Gasteiger partial charge >= 0.3 is 0 Å². The van der Waals surface area contributed by atoms with Crippen molar-refractivity contribution in [3.8, 4) is 11.3 Å². The van der Waals surface area contributed by atoms with Crippen LogP contribution in [0.25, 0.3) is 22.2 Å². The maximum atomic E-state index is 13.1. The number of likely N-dealkylation sites (tertiary alicyclic amines) is 1. The Labute approximate surface area is 209 Å². The van der Waals surface area contributed by atoms with Crippen LogP contribution in [0.2, 0.25) is 0 Å². The second-order valence-electron chi connectivity index (χ2n) is 9.27. The molecule has 4 aromatic rings. The number of piperidine rings is 1. The predicted octanol–water partition coefficient (Wildman–Crippen LogP) is 4.76. The quantitative estimate of drug-likeness (QED) is 0.406. The number of fused-ring (bicyclic) bond motifs is 1. The van der Waals surface area contributed by atoms with Crippen molar-refractivity contribution < 1.29 is 9.18 Å². The van der Waals surface area contributed by atoms with Gasteiger partial charge in [-0.05, 0) is 57.0 Å². The smallest absolute Gasteiger partial charge is 0.258 e. The lowest BCUT2D eigenvalue weighted by Crippen LogP contribution is -2.42. The maximum Gasteiger partial charge on any atom is 0.258 e. The van der Waals surface area contributed by atoms with E-state index in [2.05, 4.69) is 44.3 Å². The molecule has 0 saturated carbocycles. The van der Waals surface area contributed by atoms with Gasteiger partial charge in [0, 0.05) is 47.9 Å². The lowest BCUT2D eigenvalue weighted by Gasteiger charge is -2.35. The summed E-state index contributed by atoms with van der Waals surface area (Å²) in [4.78, 5) is 32.9. The van der Waals surface area contributed by atoms with Crippen LogP contribution >= 0.6 is 0 Å². The molecule has 1 amide bonds. The molecule has 1 fully saturated rings. The number of benzene rings is 2. The average Bonchev–Trinajstić information content (AvgIpc) is 2.89. The van der Waals surface area contributed by atoms with Crippen LogP contribution in [0, 0.1) is 5.82 Å². The lowest BCUT2D eigenvalue weighted by atomic mass is 10.0. The van der Waals surface area contributed by atoms with Gasteiger partial charge in [0.2, 0.25) is 5.95 Å². The molecule has 1 saturated heterocycles. The van der Waals surface area contributed by atoms with Crippen LogP contribution in [0.1, 0.15) is 37.0 Å². The van der Waals surface area contributed by atoms with Gasteiger partial charge in [-0.2, -0.15) is 0 Å². The standard InChI is InChI=1S/C27H28FN7O/c1-17(2)35-11-9-22(10-12-35)31-25-16-29-15-24(32-25)19-3-4-20-14-30-27(33-23(20)13-19)34-26(36)18-5-7-21(28)8-6-18/h3-8,13-17,22H,9-12H2,1-2H3,(H,31,32)(H,30,33,34,36). The molecule has 3 heterocycles. The largest absolute Gasteiger partial charge is 0.366 e. The van der Waals surface area contributed by atoms with Crippen LogP contribution in [-0.4, -0.2) is 55.9 Å². The Morgan fingerprint density at radius 2 is 1.81 bits per heavy atom. The van der Waals surface area contributed by atoms with E-state index in [1.54, 1.807) is 18.6 Å². The van der Waals surface area contributed by atoms with Crippen LogP contribution in [0.4, 0.5) is 16.2 Å². The number of nitrogens with zero attached hydrogens (tertiary/aromatic N) is 5. The Balaban J connectivity index is 1.31. The molecule has 1 aliphatic heterocycles. The van der Waals surface area contributed by atoms with Crippen LogP contribution < -0.4 is 10.6 Å². The highest BCUT2D eigenvalue weighted by Crippen LogP contribution is 2.24. The van der Waals surface area contributed by atoms with Crippen molar-refractivity contribution in [2.75, 3.05) is 23.7 Å². The molecule has 0 spiro atoms. The summed E-state index contributed by atoms with van der Waals surface area (Å²) in [6.07, 6.45) is 7.28. The fourth-order valence-electron chi connectivity index (χ4n) is 4.36. The molecule has 0 unspecified atom stereocenters. The van der Waals surface area contributed by atoms with Crippen molar-refractivity contribution in [3.05, 3.63) is 72.4 Å².